The van der Waals surface area contributed by atoms with Crippen LogP contribution in [0, 0.1) is 21.7 Å². The van der Waals surface area contributed by atoms with Crippen LogP contribution in [0.15, 0.2) is 42.5 Å². The zero-order chi connectivity index (χ0) is 19.1. The van der Waals surface area contributed by atoms with Crippen molar-refractivity contribution in [3.05, 3.63) is 69.8 Å². The van der Waals surface area contributed by atoms with Crippen molar-refractivity contribution in [3.63, 3.8) is 0 Å². The Bertz CT molecular complexity index is 1020. The molecule has 0 atom stereocenters. The minimum absolute atomic E-state index is 0.0721. The number of fused-ring (bicyclic) bond motifs is 1. The van der Waals surface area contributed by atoms with Gasteiger partial charge in [0.15, 0.2) is 5.82 Å². The van der Waals surface area contributed by atoms with E-state index >= 15 is 0 Å². The number of aromatic nitrogens is 1. The van der Waals surface area contributed by atoms with Gasteiger partial charge in [0, 0.05) is 41.4 Å². The summed E-state index contributed by atoms with van der Waals surface area (Å²) in [6.45, 7) is 2.77. The van der Waals surface area contributed by atoms with Gasteiger partial charge in [0.2, 0.25) is 5.54 Å². The molecule has 0 aliphatic carbocycles. The lowest BCUT2D eigenvalue weighted by Gasteiger charge is -2.20. The third-order valence-electron chi connectivity index (χ3n) is 4.33. The summed E-state index contributed by atoms with van der Waals surface area (Å²) in [7, 11) is 1.48. The Morgan fingerprint density at radius 3 is 2.50 bits per heavy atom. The summed E-state index contributed by atoms with van der Waals surface area (Å²) in [5, 5.41) is 11.7. The quantitative estimate of drug-likeness (QED) is 0.501. The summed E-state index contributed by atoms with van der Waals surface area (Å²) in [5.41, 5.74) is -0.656. The van der Waals surface area contributed by atoms with Gasteiger partial charge in [0.05, 0.1) is 12.8 Å². The lowest BCUT2D eigenvalue weighted by atomic mass is 9.90. The molecule has 3 aromatic rings. The summed E-state index contributed by atoms with van der Waals surface area (Å²) in [6, 6.07) is 10.2. The average Bonchev–Trinajstić information content (AvgIpc) is 2.60. The van der Waals surface area contributed by atoms with Crippen LogP contribution in [0.2, 0.25) is 0 Å². The normalized spacial score (nSPS) is 11.6. The van der Waals surface area contributed by atoms with Crippen molar-refractivity contribution in [3.8, 4) is 17.0 Å². The first-order chi connectivity index (χ1) is 12.3. The van der Waals surface area contributed by atoms with Gasteiger partial charge in [-0.1, -0.05) is 12.1 Å². The summed E-state index contributed by atoms with van der Waals surface area (Å²) < 4.78 is 33.4. The van der Waals surface area contributed by atoms with Gasteiger partial charge in [-0.3, -0.25) is 10.1 Å². The standard InChI is InChI=1S/C19H16F2N2O3/c1-19(2,23(24)25)14-10-16(12-6-4-5-7-17(12)26-3)22-18-13(14)8-11(20)9-15(18)21/h4-10H,1-3H3. The number of ether oxygens (including phenoxy) is 1. The fraction of sp³-hybridized carbons (Fsp3) is 0.211. The molecule has 0 fully saturated rings. The van der Waals surface area contributed by atoms with Gasteiger partial charge >= 0.3 is 0 Å². The molecule has 0 saturated heterocycles. The van der Waals surface area contributed by atoms with Crippen molar-refractivity contribution >= 4 is 10.9 Å². The highest BCUT2D eigenvalue weighted by Crippen LogP contribution is 2.37. The maximum atomic E-state index is 14.4. The molecule has 0 radical (unpaired) electrons. The second kappa shape index (κ2) is 6.33. The number of hydrogen-bond donors (Lipinski definition) is 0. The number of methoxy groups -OCH3 is 1. The van der Waals surface area contributed by atoms with Crippen LogP contribution in [-0.2, 0) is 5.54 Å². The highest BCUT2D eigenvalue weighted by molar-refractivity contribution is 5.87. The SMILES string of the molecule is COc1ccccc1-c1cc(C(C)(C)[N+](=O)[O-])c2cc(F)cc(F)c2n1. The van der Waals surface area contributed by atoms with Crippen molar-refractivity contribution < 1.29 is 18.4 Å². The lowest BCUT2D eigenvalue weighted by Crippen LogP contribution is -2.28. The second-order valence-electron chi connectivity index (χ2n) is 6.36. The predicted molar refractivity (Wildman–Crippen MR) is 93.7 cm³/mol. The summed E-state index contributed by atoms with van der Waals surface area (Å²) >= 11 is 0. The van der Waals surface area contributed by atoms with Crippen molar-refractivity contribution in [1.29, 1.82) is 0 Å². The number of rotatable bonds is 4. The summed E-state index contributed by atoms with van der Waals surface area (Å²) in [4.78, 5) is 15.4. The fourth-order valence-corrected chi connectivity index (χ4v) is 2.85. The van der Waals surface area contributed by atoms with E-state index in [-0.39, 0.29) is 16.5 Å². The monoisotopic (exact) mass is 358 g/mol. The number of halogens is 2. The van der Waals surface area contributed by atoms with Crippen LogP contribution >= 0.6 is 0 Å². The molecule has 134 valence electrons. The van der Waals surface area contributed by atoms with Gasteiger partial charge < -0.3 is 4.74 Å². The highest BCUT2D eigenvalue weighted by Gasteiger charge is 2.36. The minimum Gasteiger partial charge on any atom is -0.496 e. The van der Waals surface area contributed by atoms with Crippen LogP contribution in [0.5, 0.6) is 5.75 Å². The van der Waals surface area contributed by atoms with Gasteiger partial charge in [0.1, 0.15) is 17.1 Å². The molecular formula is C19H16F2N2O3. The Morgan fingerprint density at radius 2 is 1.85 bits per heavy atom. The largest absolute Gasteiger partial charge is 0.496 e. The van der Waals surface area contributed by atoms with Crippen molar-refractivity contribution in [2.24, 2.45) is 0 Å². The number of para-hydroxylation sites is 1. The Hall–Kier alpha value is -3.09. The predicted octanol–water partition coefficient (Wildman–Crippen LogP) is 4.70. The number of pyridine rings is 1. The molecule has 1 heterocycles. The molecule has 0 spiro atoms. The van der Waals surface area contributed by atoms with E-state index in [1.807, 2.05) is 0 Å². The maximum Gasteiger partial charge on any atom is 0.242 e. The molecule has 0 N–H and O–H groups in total. The van der Waals surface area contributed by atoms with Gasteiger partial charge in [-0.2, -0.15) is 0 Å². The minimum atomic E-state index is -1.57. The van der Waals surface area contributed by atoms with Crippen LogP contribution in [0.4, 0.5) is 8.78 Å². The van der Waals surface area contributed by atoms with Crippen LogP contribution in [-0.4, -0.2) is 17.0 Å². The average molecular weight is 358 g/mol. The van der Waals surface area contributed by atoms with Crippen LogP contribution in [0.1, 0.15) is 19.4 Å². The van der Waals surface area contributed by atoms with Gasteiger partial charge in [-0.15, -0.1) is 0 Å². The Balaban J connectivity index is 2.43. The molecule has 0 saturated carbocycles. The van der Waals surface area contributed by atoms with E-state index in [9.17, 15) is 18.9 Å². The Morgan fingerprint density at radius 1 is 1.15 bits per heavy atom. The zero-order valence-corrected chi connectivity index (χ0v) is 14.4. The number of hydrogen-bond acceptors (Lipinski definition) is 4. The van der Waals surface area contributed by atoms with Crippen molar-refractivity contribution in [1.82, 2.24) is 4.98 Å². The van der Waals surface area contributed by atoms with Gasteiger partial charge in [-0.05, 0) is 24.3 Å². The van der Waals surface area contributed by atoms with E-state index in [1.54, 1.807) is 24.3 Å². The number of nitro groups is 1. The van der Waals surface area contributed by atoms with E-state index in [2.05, 4.69) is 4.98 Å². The maximum absolute atomic E-state index is 14.4. The Kier molecular flexibility index (Phi) is 4.31. The third-order valence-corrected chi connectivity index (χ3v) is 4.33. The first-order valence-corrected chi connectivity index (χ1v) is 7.84. The van der Waals surface area contributed by atoms with E-state index in [0.717, 1.165) is 6.07 Å². The molecule has 0 bridgehead atoms. The first-order valence-electron chi connectivity index (χ1n) is 7.84. The zero-order valence-electron chi connectivity index (χ0n) is 14.4. The third kappa shape index (κ3) is 2.85. The molecule has 7 heteroatoms. The summed E-state index contributed by atoms with van der Waals surface area (Å²) in [5.74, 6) is -1.20. The molecule has 0 amide bonds. The van der Waals surface area contributed by atoms with E-state index in [4.69, 9.17) is 4.74 Å². The topological polar surface area (TPSA) is 65.3 Å². The summed E-state index contributed by atoms with van der Waals surface area (Å²) in [6.07, 6.45) is 0. The van der Waals surface area contributed by atoms with E-state index < -0.39 is 22.1 Å². The fourth-order valence-electron chi connectivity index (χ4n) is 2.85. The van der Waals surface area contributed by atoms with Crippen LogP contribution in [0.25, 0.3) is 22.2 Å². The first kappa shape index (κ1) is 17.7. The number of benzene rings is 2. The molecule has 0 unspecified atom stereocenters. The smallest absolute Gasteiger partial charge is 0.242 e. The molecule has 3 rings (SSSR count). The molecule has 1 aromatic heterocycles. The second-order valence-corrected chi connectivity index (χ2v) is 6.36. The van der Waals surface area contributed by atoms with Gasteiger partial charge in [0.25, 0.3) is 0 Å². The van der Waals surface area contributed by atoms with Crippen LogP contribution < -0.4 is 4.74 Å². The molecular weight excluding hydrogens is 342 g/mol. The molecule has 5 nitrogen and oxygen atoms in total. The molecule has 26 heavy (non-hydrogen) atoms. The number of nitrogens with zero attached hydrogens (tertiary/aromatic N) is 2. The Labute approximate surface area is 148 Å². The van der Waals surface area contributed by atoms with Crippen molar-refractivity contribution in [2.45, 2.75) is 19.4 Å². The van der Waals surface area contributed by atoms with Crippen LogP contribution in [0.3, 0.4) is 0 Å². The lowest BCUT2D eigenvalue weighted by molar-refractivity contribution is -0.569. The van der Waals surface area contributed by atoms with E-state index in [0.29, 0.717) is 23.1 Å². The molecule has 0 aliphatic rings. The highest BCUT2D eigenvalue weighted by atomic mass is 19.1. The molecule has 2 aromatic carbocycles. The van der Waals surface area contributed by atoms with E-state index in [1.165, 1.54) is 27.0 Å². The van der Waals surface area contributed by atoms with Crippen molar-refractivity contribution in [2.75, 3.05) is 7.11 Å². The molecule has 0 aliphatic heterocycles. The van der Waals surface area contributed by atoms with Gasteiger partial charge in [-0.25, -0.2) is 13.8 Å².